The zero-order valence-corrected chi connectivity index (χ0v) is 11.4. The second-order valence-corrected chi connectivity index (χ2v) is 5.29. The Kier molecular flexibility index (Phi) is 2.90. The van der Waals surface area contributed by atoms with Crippen LogP contribution >= 0.6 is 0 Å². The Balaban J connectivity index is 2.10. The average Bonchev–Trinajstić information content (AvgIpc) is 2.42. The molecule has 1 unspecified atom stereocenters. The van der Waals surface area contributed by atoms with E-state index in [1.165, 1.54) is 11.3 Å². The molecule has 0 amide bonds. The monoisotopic (exact) mass is 253 g/mol. The van der Waals surface area contributed by atoms with E-state index in [0.29, 0.717) is 6.04 Å². The van der Waals surface area contributed by atoms with Gasteiger partial charge in [-0.2, -0.15) is 0 Å². The summed E-state index contributed by atoms with van der Waals surface area (Å²) in [6.07, 6.45) is 4.14. The van der Waals surface area contributed by atoms with Crippen LogP contribution in [-0.2, 0) is 6.42 Å². The van der Waals surface area contributed by atoms with Crippen molar-refractivity contribution in [2.75, 3.05) is 10.6 Å². The number of anilines is 3. The summed E-state index contributed by atoms with van der Waals surface area (Å²) in [5.41, 5.74) is 10.5. The van der Waals surface area contributed by atoms with Gasteiger partial charge in [-0.15, -0.1) is 0 Å². The Morgan fingerprint density at radius 2 is 2.11 bits per heavy atom. The standard InChI is InChI=1S/C16H19N3/c1-11-10-18-16(9-14(11)17)19-12(2)7-8-13-5-3-4-6-15(13)19/h3-6,9-10,12H,7-8H2,1-2H3,(H2,17,18). The van der Waals surface area contributed by atoms with Crippen LogP contribution in [0.15, 0.2) is 36.5 Å². The van der Waals surface area contributed by atoms with E-state index in [1.807, 2.05) is 19.2 Å². The first-order chi connectivity index (χ1) is 9.16. The fourth-order valence-electron chi connectivity index (χ4n) is 2.70. The Bertz CT molecular complexity index is 607. The van der Waals surface area contributed by atoms with Crippen LogP contribution in [0, 0.1) is 6.92 Å². The zero-order chi connectivity index (χ0) is 13.4. The number of nitrogens with two attached hydrogens (primary N) is 1. The lowest BCUT2D eigenvalue weighted by atomic mass is 9.96. The molecule has 19 heavy (non-hydrogen) atoms. The van der Waals surface area contributed by atoms with E-state index >= 15 is 0 Å². The Morgan fingerprint density at radius 3 is 2.89 bits per heavy atom. The highest BCUT2D eigenvalue weighted by atomic mass is 15.2. The fourth-order valence-corrected chi connectivity index (χ4v) is 2.70. The Morgan fingerprint density at radius 1 is 1.32 bits per heavy atom. The smallest absolute Gasteiger partial charge is 0.135 e. The topological polar surface area (TPSA) is 42.2 Å². The number of fused-ring (bicyclic) bond motifs is 1. The van der Waals surface area contributed by atoms with E-state index in [2.05, 4.69) is 41.1 Å². The molecule has 2 aromatic rings. The summed E-state index contributed by atoms with van der Waals surface area (Å²) in [4.78, 5) is 6.86. The van der Waals surface area contributed by atoms with Crippen LogP contribution in [0.25, 0.3) is 0 Å². The van der Waals surface area contributed by atoms with Crippen LogP contribution in [0.1, 0.15) is 24.5 Å². The number of nitrogens with zero attached hydrogens (tertiary/aromatic N) is 2. The van der Waals surface area contributed by atoms with Crippen molar-refractivity contribution in [2.24, 2.45) is 0 Å². The number of benzene rings is 1. The molecule has 2 N–H and O–H groups in total. The fraction of sp³-hybridized carbons (Fsp3) is 0.312. The highest BCUT2D eigenvalue weighted by Crippen LogP contribution is 2.36. The van der Waals surface area contributed by atoms with Gasteiger partial charge in [-0.3, -0.25) is 0 Å². The number of nitrogen functional groups attached to an aromatic ring is 1. The molecule has 0 saturated heterocycles. The molecule has 3 heteroatoms. The molecule has 1 atom stereocenters. The first kappa shape index (κ1) is 12.0. The molecule has 3 rings (SSSR count). The minimum absolute atomic E-state index is 0.449. The lowest BCUT2D eigenvalue weighted by Gasteiger charge is -2.36. The molecule has 98 valence electrons. The maximum atomic E-state index is 6.03. The molecular weight excluding hydrogens is 234 g/mol. The van der Waals surface area contributed by atoms with Gasteiger partial charge < -0.3 is 10.6 Å². The van der Waals surface area contributed by atoms with E-state index in [9.17, 15) is 0 Å². The molecule has 0 bridgehead atoms. The van der Waals surface area contributed by atoms with Gasteiger partial charge in [-0.25, -0.2) is 4.98 Å². The van der Waals surface area contributed by atoms with E-state index in [0.717, 1.165) is 29.9 Å². The largest absolute Gasteiger partial charge is 0.398 e. The van der Waals surface area contributed by atoms with Crippen molar-refractivity contribution in [1.29, 1.82) is 0 Å². The van der Waals surface area contributed by atoms with Gasteiger partial charge in [0.2, 0.25) is 0 Å². The van der Waals surface area contributed by atoms with Crippen molar-refractivity contribution in [2.45, 2.75) is 32.7 Å². The summed E-state index contributed by atoms with van der Waals surface area (Å²) < 4.78 is 0. The van der Waals surface area contributed by atoms with Crippen molar-refractivity contribution in [3.8, 4) is 0 Å². The minimum Gasteiger partial charge on any atom is -0.398 e. The molecule has 0 radical (unpaired) electrons. The van der Waals surface area contributed by atoms with Crippen molar-refractivity contribution in [3.63, 3.8) is 0 Å². The predicted molar refractivity (Wildman–Crippen MR) is 79.8 cm³/mol. The van der Waals surface area contributed by atoms with Crippen LogP contribution in [0.2, 0.25) is 0 Å². The van der Waals surface area contributed by atoms with Crippen molar-refractivity contribution >= 4 is 17.2 Å². The van der Waals surface area contributed by atoms with E-state index in [1.54, 1.807) is 0 Å². The molecule has 0 aliphatic carbocycles. The van der Waals surface area contributed by atoms with Crippen LogP contribution in [0.4, 0.5) is 17.2 Å². The minimum atomic E-state index is 0.449. The SMILES string of the molecule is Cc1cnc(N2c3ccccc3CCC2C)cc1N. The number of aryl methyl sites for hydroxylation is 2. The number of hydrogen-bond acceptors (Lipinski definition) is 3. The molecule has 3 nitrogen and oxygen atoms in total. The zero-order valence-electron chi connectivity index (χ0n) is 11.4. The number of para-hydroxylation sites is 1. The van der Waals surface area contributed by atoms with Crippen LogP contribution in [-0.4, -0.2) is 11.0 Å². The highest BCUT2D eigenvalue weighted by Gasteiger charge is 2.24. The van der Waals surface area contributed by atoms with Gasteiger partial charge in [0.05, 0.1) is 0 Å². The molecule has 2 heterocycles. The summed E-state index contributed by atoms with van der Waals surface area (Å²) in [5.74, 6) is 0.947. The molecule has 1 aromatic heterocycles. The van der Waals surface area contributed by atoms with Crippen LogP contribution in [0.5, 0.6) is 0 Å². The van der Waals surface area contributed by atoms with E-state index in [4.69, 9.17) is 5.73 Å². The third-order valence-electron chi connectivity index (χ3n) is 3.90. The summed E-state index contributed by atoms with van der Waals surface area (Å²) in [6.45, 7) is 4.23. The normalized spacial score (nSPS) is 18.2. The van der Waals surface area contributed by atoms with Gasteiger partial charge in [0.15, 0.2) is 0 Å². The second kappa shape index (κ2) is 4.57. The summed E-state index contributed by atoms with van der Waals surface area (Å²) in [5, 5.41) is 0. The maximum Gasteiger partial charge on any atom is 0.135 e. The quantitative estimate of drug-likeness (QED) is 0.846. The Hall–Kier alpha value is -2.03. The first-order valence-electron chi connectivity index (χ1n) is 6.76. The highest BCUT2D eigenvalue weighted by molar-refractivity contribution is 5.68. The third kappa shape index (κ3) is 2.05. The first-order valence-corrected chi connectivity index (χ1v) is 6.76. The number of rotatable bonds is 1. The third-order valence-corrected chi connectivity index (χ3v) is 3.90. The van der Waals surface area contributed by atoms with Crippen LogP contribution < -0.4 is 10.6 Å². The lowest BCUT2D eigenvalue weighted by Crippen LogP contribution is -2.33. The number of pyridine rings is 1. The lowest BCUT2D eigenvalue weighted by molar-refractivity contribution is 0.613. The van der Waals surface area contributed by atoms with Gasteiger partial charge >= 0.3 is 0 Å². The van der Waals surface area contributed by atoms with Gasteiger partial charge in [-0.05, 0) is 43.9 Å². The van der Waals surface area contributed by atoms with Crippen molar-refractivity contribution in [1.82, 2.24) is 4.98 Å². The molecule has 0 fully saturated rings. The van der Waals surface area contributed by atoms with Gasteiger partial charge in [0.25, 0.3) is 0 Å². The predicted octanol–water partition coefficient (Wildman–Crippen LogP) is 3.45. The summed E-state index contributed by atoms with van der Waals surface area (Å²) >= 11 is 0. The Labute approximate surface area is 114 Å². The van der Waals surface area contributed by atoms with Crippen molar-refractivity contribution < 1.29 is 0 Å². The second-order valence-electron chi connectivity index (χ2n) is 5.29. The molecule has 1 aromatic carbocycles. The molecule has 1 aliphatic heterocycles. The molecular formula is C16H19N3. The molecule has 0 saturated carbocycles. The summed E-state index contributed by atoms with van der Waals surface area (Å²) in [6, 6.07) is 11.0. The number of aromatic nitrogens is 1. The van der Waals surface area contributed by atoms with Gasteiger partial charge in [-0.1, -0.05) is 18.2 Å². The van der Waals surface area contributed by atoms with Gasteiger partial charge in [0.1, 0.15) is 5.82 Å². The average molecular weight is 253 g/mol. The van der Waals surface area contributed by atoms with Crippen LogP contribution in [0.3, 0.4) is 0 Å². The van der Waals surface area contributed by atoms with Gasteiger partial charge in [0, 0.05) is 29.7 Å². The number of hydrogen-bond donors (Lipinski definition) is 1. The molecule has 1 aliphatic rings. The van der Waals surface area contributed by atoms with E-state index in [-0.39, 0.29) is 0 Å². The summed E-state index contributed by atoms with van der Waals surface area (Å²) in [7, 11) is 0. The van der Waals surface area contributed by atoms with E-state index < -0.39 is 0 Å². The molecule has 0 spiro atoms. The maximum absolute atomic E-state index is 6.03. The van der Waals surface area contributed by atoms with Crippen molar-refractivity contribution in [3.05, 3.63) is 47.7 Å².